The lowest BCUT2D eigenvalue weighted by Gasteiger charge is -2.29. The first-order valence-electron chi connectivity index (χ1n) is 5.64. The quantitative estimate of drug-likeness (QED) is 0.872. The minimum absolute atomic E-state index is 0.181. The Morgan fingerprint density at radius 2 is 1.94 bits per heavy atom. The summed E-state index contributed by atoms with van der Waals surface area (Å²) in [5.41, 5.74) is 1.21. The molecule has 90 valence electrons. The molecule has 0 spiro atoms. The van der Waals surface area contributed by atoms with Crippen LogP contribution in [0.2, 0.25) is 0 Å². The summed E-state index contributed by atoms with van der Waals surface area (Å²) >= 11 is 3.56. The first-order valence-corrected chi connectivity index (χ1v) is 6.43. The molecule has 16 heavy (non-hydrogen) atoms. The van der Waals surface area contributed by atoms with E-state index in [9.17, 15) is 5.11 Å². The summed E-state index contributed by atoms with van der Waals surface area (Å²) in [6, 6.07) is 8.34. The monoisotopic (exact) mass is 285 g/mol. The molecule has 1 rings (SSSR count). The van der Waals surface area contributed by atoms with E-state index in [2.05, 4.69) is 41.2 Å². The Kier molecular flexibility index (Phi) is 5.46. The molecule has 0 bridgehead atoms. The highest BCUT2D eigenvalue weighted by molar-refractivity contribution is 9.10. The standard InChI is InChI=1S/C13H20BrNO/c1-9(2)11(8-16)13(15-3)10-6-4-5-7-12(10)14/h4-7,9,11,13,15-16H,8H2,1-3H3. The highest BCUT2D eigenvalue weighted by atomic mass is 79.9. The Morgan fingerprint density at radius 1 is 1.31 bits per heavy atom. The van der Waals surface area contributed by atoms with Crippen molar-refractivity contribution in [3.8, 4) is 0 Å². The molecule has 0 aliphatic carbocycles. The van der Waals surface area contributed by atoms with E-state index in [1.54, 1.807) is 0 Å². The molecule has 0 saturated carbocycles. The van der Waals surface area contributed by atoms with Gasteiger partial charge in [0, 0.05) is 23.0 Å². The third-order valence-electron chi connectivity index (χ3n) is 3.05. The summed E-state index contributed by atoms with van der Waals surface area (Å²) in [6.07, 6.45) is 0. The fourth-order valence-corrected chi connectivity index (χ4v) is 2.56. The molecular formula is C13H20BrNO. The Morgan fingerprint density at radius 3 is 2.38 bits per heavy atom. The molecule has 0 fully saturated rings. The van der Waals surface area contributed by atoms with Crippen molar-refractivity contribution >= 4 is 15.9 Å². The van der Waals surface area contributed by atoms with Gasteiger partial charge < -0.3 is 10.4 Å². The molecule has 0 amide bonds. The maximum absolute atomic E-state index is 9.49. The van der Waals surface area contributed by atoms with Gasteiger partial charge in [-0.2, -0.15) is 0 Å². The molecule has 1 aromatic rings. The summed E-state index contributed by atoms with van der Waals surface area (Å²) in [4.78, 5) is 0. The van der Waals surface area contributed by atoms with Crippen LogP contribution in [-0.4, -0.2) is 18.8 Å². The van der Waals surface area contributed by atoms with Gasteiger partial charge in [0.2, 0.25) is 0 Å². The molecule has 3 heteroatoms. The molecule has 2 unspecified atom stereocenters. The van der Waals surface area contributed by atoms with Gasteiger partial charge >= 0.3 is 0 Å². The van der Waals surface area contributed by atoms with Crippen molar-refractivity contribution in [2.45, 2.75) is 19.9 Å². The van der Waals surface area contributed by atoms with Crippen LogP contribution >= 0.6 is 15.9 Å². The van der Waals surface area contributed by atoms with E-state index < -0.39 is 0 Å². The molecule has 1 aromatic carbocycles. The maximum atomic E-state index is 9.49. The van der Waals surface area contributed by atoms with E-state index in [1.807, 2.05) is 25.2 Å². The van der Waals surface area contributed by atoms with Crippen LogP contribution in [0.1, 0.15) is 25.5 Å². The lowest BCUT2D eigenvalue weighted by atomic mass is 9.85. The summed E-state index contributed by atoms with van der Waals surface area (Å²) < 4.78 is 1.09. The molecule has 2 N–H and O–H groups in total. The Balaban J connectivity index is 3.02. The Bertz CT molecular complexity index is 327. The van der Waals surface area contributed by atoms with Crippen molar-refractivity contribution in [1.82, 2.24) is 5.32 Å². The molecule has 0 heterocycles. The fourth-order valence-electron chi connectivity index (χ4n) is 2.03. The zero-order chi connectivity index (χ0) is 12.1. The number of hydrogen-bond acceptors (Lipinski definition) is 2. The van der Waals surface area contributed by atoms with Gasteiger partial charge in [-0.15, -0.1) is 0 Å². The second-order valence-corrected chi connectivity index (χ2v) is 5.23. The summed E-state index contributed by atoms with van der Waals surface area (Å²) in [6.45, 7) is 4.48. The molecule has 0 aliphatic rings. The maximum Gasteiger partial charge on any atom is 0.0479 e. The minimum atomic E-state index is 0.181. The van der Waals surface area contributed by atoms with Crippen molar-refractivity contribution in [3.05, 3.63) is 34.3 Å². The van der Waals surface area contributed by atoms with E-state index >= 15 is 0 Å². The number of rotatable bonds is 5. The van der Waals surface area contributed by atoms with Crippen molar-refractivity contribution < 1.29 is 5.11 Å². The third kappa shape index (κ3) is 3.06. The van der Waals surface area contributed by atoms with Crippen LogP contribution < -0.4 is 5.32 Å². The fraction of sp³-hybridized carbons (Fsp3) is 0.538. The van der Waals surface area contributed by atoms with Crippen LogP contribution in [0.4, 0.5) is 0 Å². The van der Waals surface area contributed by atoms with Crippen molar-refractivity contribution in [2.24, 2.45) is 11.8 Å². The SMILES string of the molecule is CNC(c1ccccc1Br)C(CO)C(C)C. The van der Waals surface area contributed by atoms with E-state index in [-0.39, 0.29) is 18.6 Å². The van der Waals surface area contributed by atoms with Gasteiger partial charge in [0.15, 0.2) is 0 Å². The lowest BCUT2D eigenvalue weighted by molar-refractivity contribution is 0.154. The third-order valence-corrected chi connectivity index (χ3v) is 3.77. The molecule has 0 radical (unpaired) electrons. The summed E-state index contributed by atoms with van der Waals surface area (Å²) in [5.74, 6) is 0.665. The molecule has 2 nitrogen and oxygen atoms in total. The van der Waals surface area contributed by atoms with Crippen molar-refractivity contribution in [1.29, 1.82) is 0 Å². The molecule has 0 saturated heterocycles. The zero-order valence-electron chi connectivity index (χ0n) is 10.1. The van der Waals surface area contributed by atoms with Gasteiger partial charge in [-0.25, -0.2) is 0 Å². The van der Waals surface area contributed by atoms with Gasteiger partial charge in [0.1, 0.15) is 0 Å². The smallest absolute Gasteiger partial charge is 0.0479 e. The van der Waals surface area contributed by atoms with Crippen LogP contribution in [0, 0.1) is 11.8 Å². The van der Waals surface area contributed by atoms with Crippen LogP contribution in [0.25, 0.3) is 0 Å². The topological polar surface area (TPSA) is 32.3 Å². The number of nitrogens with one attached hydrogen (secondary N) is 1. The average Bonchev–Trinajstić information content (AvgIpc) is 2.26. The van der Waals surface area contributed by atoms with E-state index in [0.717, 1.165) is 4.47 Å². The van der Waals surface area contributed by atoms with Gasteiger partial charge in [-0.05, 0) is 24.6 Å². The number of halogens is 1. The Labute approximate surface area is 106 Å². The predicted octanol–water partition coefficient (Wildman–Crippen LogP) is 2.97. The summed E-state index contributed by atoms with van der Waals surface area (Å²) in [5, 5.41) is 12.8. The largest absolute Gasteiger partial charge is 0.396 e. The molecule has 0 aromatic heterocycles. The number of benzene rings is 1. The van der Waals surface area contributed by atoms with Crippen molar-refractivity contribution in [3.63, 3.8) is 0 Å². The van der Waals surface area contributed by atoms with Gasteiger partial charge in [0.25, 0.3) is 0 Å². The highest BCUT2D eigenvalue weighted by Gasteiger charge is 2.25. The second kappa shape index (κ2) is 6.38. The van der Waals surface area contributed by atoms with Crippen LogP contribution in [0.15, 0.2) is 28.7 Å². The first kappa shape index (κ1) is 13.7. The minimum Gasteiger partial charge on any atom is -0.396 e. The zero-order valence-corrected chi connectivity index (χ0v) is 11.7. The highest BCUT2D eigenvalue weighted by Crippen LogP contribution is 2.31. The van der Waals surface area contributed by atoms with Gasteiger partial charge in [0.05, 0.1) is 0 Å². The van der Waals surface area contributed by atoms with E-state index in [4.69, 9.17) is 0 Å². The molecule has 2 atom stereocenters. The lowest BCUT2D eigenvalue weighted by Crippen LogP contribution is -2.31. The normalized spacial score (nSPS) is 15.1. The number of aliphatic hydroxyl groups excluding tert-OH is 1. The first-order chi connectivity index (χ1) is 7.61. The summed E-state index contributed by atoms with van der Waals surface area (Å²) in [7, 11) is 1.94. The number of aliphatic hydroxyl groups is 1. The predicted molar refractivity (Wildman–Crippen MR) is 71.4 cm³/mol. The van der Waals surface area contributed by atoms with Gasteiger partial charge in [-0.3, -0.25) is 0 Å². The average molecular weight is 286 g/mol. The molecule has 0 aliphatic heterocycles. The second-order valence-electron chi connectivity index (χ2n) is 4.38. The van der Waals surface area contributed by atoms with E-state index in [0.29, 0.717) is 5.92 Å². The van der Waals surface area contributed by atoms with Gasteiger partial charge in [-0.1, -0.05) is 48.0 Å². The van der Waals surface area contributed by atoms with Crippen molar-refractivity contribution in [2.75, 3.05) is 13.7 Å². The Hall–Kier alpha value is -0.380. The number of hydrogen-bond donors (Lipinski definition) is 2. The van der Waals surface area contributed by atoms with Crippen LogP contribution in [0.5, 0.6) is 0 Å². The molecular weight excluding hydrogens is 266 g/mol. The van der Waals surface area contributed by atoms with Crippen LogP contribution in [0.3, 0.4) is 0 Å². The van der Waals surface area contributed by atoms with E-state index in [1.165, 1.54) is 5.56 Å². The van der Waals surface area contributed by atoms with Crippen LogP contribution in [-0.2, 0) is 0 Å².